The Balaban J connectivity index is 0. The molecule has 5 nitrogen and oxygen atoms in total. The van der Waals surface area contributed by atoms with E-state index < -0.39 is 18.1 Å². The van der Waals surface area contributed by atoms with Gasteiger partial charge in [0.1, 0.15) is 0 Å². The largest absolute Gasteiger partial charge is 0.490 e. The molecule has 0 spiro atoms. The molecule has 1 rings (SSSR count). The number of carbonyl (C=O) groups is 2. The molecule has 1 fully saturated rings. The minimum absolute atomic E-state index is 0. The first-order chi connectivity index (χ1) is 7.73. The lowest BCUT2D eigenvalue weighted by molar-refractivity contribution is -0.192. The van der Waals surface area contributed by atoms with Crippen molar-refractivity contribution in [2.45, 2.75) is 44.7 Å². The number of rotatable bonds is 2. The van der Waals surface area contributed by atoms with E-state index in [-0.39, 0.29) is 6.15 Å². The van der Waals surface area contributed by atoms with Gasteiger partial charge in [-0.1, -0.05) is 19.3 Å². The van der Waals surface area contributed by atoms with Crippen molar-refractivity contribution < 1.29 is 33.0 Å². The van der Waals surface area contributed by atoms with Crippen molar-refractivity contribution in [3.63, 3.8) is 0 Å². The maximum atomic E-state index is 10.6. The Kier molecular flexibility index (Phi) is 9.24. The summed E-state index contributed by atoms with van der Waals surface area (Å²) in [6, 6.07) is 0. The number of carboxylic acids is 2. The van der Waals surface area contributed by atoms with Crippen LogP contribution in [0.2, 0.25) is 0 Å². The molecule has 0 aromatic carbocycles. The van der Waals surface area contributed by atoms with Crippen LogP contribution in [0.3, 0.4) is 0 Å². The molecule has 0 atom stereocenters. The van der Waals surface area contributed by atoms with Crippen molar-refractivity contribution in [3.05, 3.63) is 0 Å². The van der Waals surface area contributed by atoms with E-state index in [9.17, 15) is 18.0 Å². The average Bonchev–Trinajstić information content (AvgIpc) is 2.17. The van der Waals surface area contributed by atoms with Crippen molar-refractivity contribution in [3.8, 4) is 0 Å². The Hall–Kier alpha value is -1.31. The van der Waals surface area contributed by atoms with Gasteiger partial charge in [0.25, 0.3) is 0 Å². The molecule has 8 heteroatoms. The fraction of sp³-hybridized carbons (Fsp3) is 0.800. The summed E-state index contributed by atoms with van der Waals surface area (Å²) in [7, 11) is 0. The third-order valence-corrected chi connectivity index (χ3v) is 2.43. The Morgan fingerprint density at radius 2 is 1.44 bits per heavy atom. The summed E-state index contributed by atoms with van der Waals surface area (Å²) >= 11 is 0. The molecule has 0 aromatic rings. The molecule has 0 aliphatic heterocycles. The normalized spacial score (nSPS) is 15.9. The molecule has 0 bridgehead atoms. The van der Waals surface area contributed by atoms with Gasteiger partial charge < -0.3 is 16.4 Å². The number of halogens is 3. The van der Waals surface area contributed by atoms with Crippen molar-refractivity contribution in [2.24, 2.45) is 5.92 Å². The number of hydrogen-bond donors (Lipinski definition) is 3. The summed E-state index contributed by atoms with van der Waals surface area (Å²) in [5, 5.41) is 15.6. The molecule has 5 N–H and O–H groups in total. The molecular formula is C10H18F3NO4. The maximum absolute atomic E-state index is 10.6. The van der Waals surface area contributed by atoms with Crippen molar-refractivity contribution >= 4 is 11.9 Å². The highest BCUT2D eigenvalue weighted by Crippen LogP contribution is 2.25. The first kappa shape index (κ1) is 19.0. The van der Waals surface area contributed by atoms with Gasteiger partial charge in [-0.05, 0) is 18.8 Å². The molecule has 0 radical (unpaired) electrons. The van der Waals surface area contributed by atoms with Crippen LogP contribution in [0.5, 0.6) is 0 Å². The first-order valence-corrected chi connectivity index (χ1v) is 5.25. The second kappa shape index (κ2) is 8.73. The Morgan fingerprint density at radius 1 is 1.06 bits per heavy atom. The smallest absolute Gasteiger partial charge is 0.481 e. The fourth-order valence-corrected chi connectivity index (χ4v) is 1.64. The van der Waals surface area contributed by atoms with E-state index in [2.05, 4.69) is 0 Å². The molecule has 18 heavy (non-hydrogen) atoms. The summed E-state index contributed by atoms with van der Waals surface area (Å²) < 4.78 is 31.7. The summed E-state index contributed by atoms with van der Waals surface area (Å²) in [4.78, 5) is 19.2. The van der Waals surface area contributed by atoms with Gasteiger partial charge in [-0.2, -0.15) is 13.2 Å². The van der Waals surface area contributed by atoms with Crippen LogP contribution in [0.1, 0.15) is 38.5 Å². The lowest BCUT2D eigenvalue weighted by atomic mass is 9.87. The molecule has 0 aromatic heterocycles. The van der Waals surface area contributed by atoms with Crippen LogP contribution in [0.25, 0.3) is 0 Å². The lowest BCUT2D eigenvalue weighted by Crippen LogP contribution is -2.21. The lowest BCUT2D eigenvalue weighted by Gasteiger charge is -2.18. The summed E-state index contributed by atoms with van der Waals surface area (Å²) in [6.45, 7) is 0. The molecule has 1 aliphatic carbocycles. The minimum Gasteiger partial charge on any atom is -0.481 e. The van der Waals surface area contributed by atoms with E-state index >= 15 is 0 Å². The van der Waals surface area contributed by atoms with Crippen LogP contribution in [0.4, 0.5) is 13.2 Å². The summed E-state index contributed by atoms with van der Waals surface area (Å²) in [5.41, 5.74) is 0. The topological polar surface area (TPSA) is 110 Å². The molecule has 108 valence electrons. The van der Waals surface area contributed by atoms with Gasteiger partial charge in [0.05, 0.1) is 0 Å². The molecule has 0 unspecified atom stereocenters. The molecule has 1 aliphatic rings. The van der Waals surface area contributed by atoms with Gasteiger partial charge in [0.15, 0.2) is 0 Å². The quantitative estimate of drug-likeness (QED) is 0.716. The molecule has 0 amide bonds. The van der Waals surface area contributed by atoms with Crippen molar-refractivity contribution in [1.82, 2.24) is 6.15 Å². The molecular weight excluding hydrogens is 255 g/mol. The van der Waals surface area contributed by atoms with E-state index in [4.69, 9.17) is 15.0 Å². The zero-order valence-corrected chi connectivity index (χ0v) is 9.87. The number of hydrogen-bond acceptors (Lipinski definition) is 3. The van der Waals surface area contributed by atoms with Crippen LogP contribution in [0, 0.1) is 5.92 Å². The van der Waals surface area contributed by atoms with E-state index in [0.717, 1.165) is 12.8 Å². The Labute approximate surface area is 103 Å². The standard InChI is InChI=1S/C8H14O2.C2HF3O2.H3N/c9-8(10)6-7-4-2-1-3-5-7;3-2(4,5)1(6)7;/h7H,1-6H2,(H,9,10);(H,6,7);1H3. The molecule has 0 heterocycles. The minimum atomic E-state index is -5.08. The van der Waals surface area contributed by atoms with Gasteiger partial charge in [-0.15, -0.1) is 0 Å². The van der Waals surface area contributed by atoms with E-state index in [0.29, 0.717) is 12.3 Å². The van der Waals surface area contributed by atoms with Crippen molar-refractivity contribution in [1.29, 1.82) is 0 Å². The number of aliphatic carboxylic acids is 2. The summed E-state index contributed by atoms with van der Waals surface area (Å²) in [5.74, 6) is -2.91. The summed E-state index contributed by atoms with van der Waals surface area (Å²) in [6.07, 6.45) is 1.34. The highest BCUT2D eigenvalue weighted by molar-refractivity contribution is 5.73. The van der Waals surface area contributed by atoms with Crippen LogP contribution in [0.15, 0.2) is 0 Å². The monoisotopic (exact) mass is 273 g/mol. The zero-order chi connectivity index (χ0) is 13.5. The molecule has 0 saturated heterocycles. The Bertz CT molecular complexity index is 262. The van der Waals surface area contributed by atoms with E-state index in [1.165, 1.54) is 19.3 Å². The zero-order valence-electron chi connectivity index (χ0n) is 9.87. The fourth-order valence-electron chi connectivity index (χ4n) is 1.64. The van der Waals surface area contributed by atoms with Crippen LogP contribution < -0.4 is 6.15 Å². The number of carboxylic acid groups (broad SMARTS) is 2. The molecule has 1 saturated carbocycles. The second-order valence-electron chi connectivity index (χ2n) is 3.90. The van der Waals surface area contributed by atoms with Gasteiger partial charge >= 0.3 is 18.1 Å². The highest BCUT2D eigenvalue weighted by atomic mass is 19.4. The Morgan fingerprint density at radius 3 is 1.72 bits per heavy atom. The predicted octanol–water partition coefficient (Wildman–Crippen LogP) is 2.84. The maximum Gasteiger partial charge on any atom is 0.490 e. The van der Waals surface area contributed by atoms with Crippen LogP contribution >= 0.6 is 0 Å². The first-order valence-electron chi connectivity index (χ1n) is 5.25. The SMILES string of the molecule is N.O=C(O)C(F)(F)F.O=C(O)CC1CCCCC1. The van der Waals surface area contributed by atoms with Crippen LogP contribution in [-0.4, -0.2) is 28.3 Å². The third kappa shape index (κ3) is 9.88. The van der Waals surface area contributed by atoms with E-state index in [1.54, 1.807) is 0 Å². The average molecular weight is 273 g/mol. The third-order valence-electron chi connectivity index (χ3n) is 2.43. The van der Waals surface area contributed by atoms with Crippen molar-refractivity contribution in [2.75, 3.05) is 0 Å². The van der Waals surface area contributed by atoms with Gasteiger partial charge in [0.2, 0.25) is 0 Å². The van der Waals surface area contributed by atoms with E-state index in [1.807, 2.05) is 0 Å². The van der Waals surface area contributed by atoms with Gasteiger partial charge in [-0.3, -0.25) is 4.79 Å². The van der Waals surface area contributed by atoms with Crippen LogP contribution in [-0.2, 0) is 9.59 Å². The predicted molar refractivity (Wildman–Crippen MR) is 57.5 cm³/mol. The van der Waals surface area contributed by atoms with Gasteiger partial charge in [-0.25, -0.2) is 4.79 Å². The van der Waals surface area contributed by atoms with Gasteiger partial charge in [0, 0.05) is 6.42 Å². The number of alkyl halides is 3. The highest BCUT2D eigenvalue weighted by Gasteiger charge is 2.38. The second-order valence-corrected chi connectivity index (χ2v) is 3.90.